The van der Waals surface area contributed by atoms with Gasteiger partial charge in [0.05, 0.1) is 12.2 Å². The summed E-state index contributed by atoms with van der Waals surface area (Å²) >= 11 is 4.00. The molecule has 158 valence electrons. The molecule has 0 rings (SSSR count). The average Bonchev–Trinajstić information content (AvgIpc) is 2.65. The molecule has 4 atom stereocenters. The van der Waals surface area contributed by atoms with E-state index >= 15 is 0 Å². The van der Waals surface area contributed by atoms with Crippen molar-refractivity contribution < 1.29 is 30.3 Å². The van der Waals surface area contributed by atoms with Gasteiger partial charge < -0.3 is 25.5 Å². The molecule has 0 amide bonds. The van der Waals surface area contributed by atoms with Gasteiger partial charge in [-0.15, -0.1) is 0 Å². The first-order valence-electron chi connectivity index (χ1n) is 9.23. The fourth-order valence-corrected chi connectivity index (χ4v) is 2.23. The molecule has 0 aliphatic heterocycles. The van der Waals surface area contributed by atoms with Gasteiger partial charge in [-0.2, -0.15) is 12.6 Å². The summed E-state index contributed by atoms with van der Waals surface area (Å²) in [6.45, 7) is 0. The predicted octanol–water partition coefficient (Wildman–Crippen LogP) is 2.18. The largest absolute Gasteiger partial charge is 0.481 e. The molecule has 0 aliphatic rings. The normalized spacial score (nSPS) is 17.3. The quantitative estimate of drug-likeness (QED) is 0.139. The summed E-state index contributed by atoms with van der Waals surface area (Å²) in [6, 6.07) is 0. The van der Waals surface area contributed by atoms with Crippen LogP contribution < -0.4 is 0 Å². The van der Waals surface area contributed by atoms with Crippen LogP contribution in [0, 0.1) is 0 Å². The van der Waals surface area contributed by atoms with Gasteiger partial charge in [-0.1, -0.05) is 60.8 Å². The van der Waals surface area contributed by atoms with Gasteiger partial charge in [0.1, 0.15) is 12.2 Å². The van der Waals surface area contributed by atoms with E-state index in [4.69, 9.17) is 5.11 Å². The number of hydrogen-bond donors (Lipinski definition) is 6. The molecular weight excluding hydrogens is 380 g/mol. The fourth-order valence-electron chi connectivity index (χ4n) is 2.08. The Balaban J connectivity index is 4.06. The van der Waals surface area contributed by atoms with E-state index in [1.807, 2.05) is 6.08 Å². The van der Waals surface area contributed by atoms with E-state index in [-0.39, 0.29) is 12.8 Å². The van der Waals surface area contributed by atoms with Crippen molar-refractivity contribution in [3.63, 3.8) is 0 Å². The maximum Gasteiger partial charge on any atom is 0.303 e. The molecule has 0 saturated carbocycles. The van der Waals surface area contributed by atoms with E-state index in [0.29, 0.717) is 25.0 Å². The minimum atomic E-state index is -1.26. The second-order valence-electron chi connectivity index (χ2n) is 6.12. The van der Waals surface area contributed by atoms with Crippen LogP contribution in [-0.2, 0) is 4.79 Å². The maximum absolute atomic E-state index is 10.3. The molecule has 28 heavy (non-hydrogen) atoms. The van der Waals surface area contributed by atoms with E-state index in [1.165, 1.54) is 6.08 Å². The van der Waals surface area contributed by atoms with Crippen molar-refractivity contribution in [2.75, 3.05) is 5.75 Å². The van der Waals surface area contributed by atoms with Gasteiger partial charge in [-0.3, -0.25) is 4.79 Å². The first kappa shape index (κ1) is 26.4. The van der Waals surface area contributed by atoms with Crippen molar-refractivity contribution in [2.45, 2.75) is 56.5 Å². The van der Waals surface area contributed by atoms with Crippen molar-refractivity contribution in [2.24, 2.45) is 0 Å². The van der Waals surface area contributed by atoms with Gasteiger partial charge >= 0.3 is 5.97 Å². The molecule has 0 saturated heterocycles. The molecule has 0 radical (unpaired) electrons. The van der Waals surface area contributed by atoms with Crippen molar-refractivity contribution in [3.05, 3.63) is 60.8 Å². The van der Waals surface area contributed by atoms with Crippen LogP contribution >= 0.6 is 12.6 Å². The number of aliphatic hydroxyl groups is 4. The maximum atomic E-state index is 10.3. The number of allylic oxidation sites excluding steroid dienone is 5. The Morgan fingerprint density at radius 1 is 0.857 bits per heavy atom. The third kappa shape index (κ3) is 15.4. The summed E-state index contributed by atoms with van der Waals surface area (Å²) in [6.07, 6.45) is 14.5. The average molecular weight is 413 g/mol. The van der Waals surface area contributed by atoms with Gasteiger partial charge in [0.15, 0.2) is 0 Å². The Kier molecular flexibility index (Phi) is 16.4. The standard InChI is InChI=1S/C21H32O6S/c22-17(12-6-4-8-15-20(25)26)11-5-2-1-3-7-13-18(23)21(27)19(24)14-9-10-16-28/h1-2,4-7,9-11,13,17-19,21-24,27-28H,3,8,12,14-16H2,(H,25,26)/b2-1+,6-4+,10-9+,11-5+,13-7+. The van der Waals surface area contributed by atoms with Crippen LogP contribution in [0.25, 0.3) is 0 Å². The van der Waals surface area contributed by atoms with Crippen molar-refractivity contribution in [1.82, 2.24) is 0 Å². The van der Waals surface area contributed by atoms with E-state index in [1.54, 1.807) is 48.6 Å². The Bertz CT molecular complexity index is 553. The first-order chi connectivity index (χ1) is 13.4. The Hall–Kier alpha value is -1.64. The first-order valence-corrected chi connectivity index (χ1v) is 9.86. The minimum Gasteiger partial charge on any atom is -0.481 e. The Labute approximate surface area is 172 Å². The van der Waals surface area contributed by atoms with Crippen LogP contribution in [0.4, 0.5) is 0 Å². The van der Waals surface area contributed by atoms with Gasteiger partial charge in [0, 0.05) is 12.2 Å². The summed E-state index contributed by atoms with van der Waals surface area (Å²) in [7, 11) is 0. The molecule has 0 bridgehead atoms. The van der Waals surface area contributed by atoms with Gasteiger partial charge in [0.25, 0.3) is 0 Å². The number of thiol groups is 1. The molecule has 0 fully saturated rings. The molecule has 0 aromatic rings. The lowest BCUT2D eigenvalue weighted by atomic mass is 10.0. The zero-order valence-electron chi connectivity index (χ0n) is 15.9. The highest BCUT2D eigenvalue weighted by Crippen LogP contribution is 2.07. The lowest BCUT2D eigenvalue weighted by Gasteiger charge is -2.19. The zero-order chi connectivity index (χ0) is 21.2. The molecule has 0 aromatic heterocycles. The highest BCUT2D eigenvalue weighted by molar-refractivity contribution is 7.80. The van der Waals surface area contributed by atoms with Crippen LogP contribution in [-0.4, -0.2) is 61.7 Å². The Morgan fingerprint density at radius 3 is 2.25 bits per heavy atom. The lowest BCUT2D eigenvalue weighted by molar-refractivity contribution is -0.136. The summed E-state index contributed by atoms with van der Waals surface area (Å²) in [5.41, 5.74) is 0. The van der Waals surface area contributed by atoms with Crippen molar-refractivity contribution in [1.29, 1.82) is 0 Å². The van der Waals surface area contributed by atoms with E-state index in [2.05, 4.69) is 12.6 Å². The minimum absolute atomic E-state index is 0.0798. The Morgan fingerprint density at radius 2 is 1.57 bits per heavy atom. The number of aliphatic hydroxyl groups excluding tert-OH is 4. The van der Waals surface area contributed by atoms with E-state index in [0.717, 1.165) is 0 Å². The number of carboxylic acids is 1. The smallest absolute Gasteiger partial charge is 0.303 e. The predicted molar refractivity (Wildman–Crippen MR) is 114 cm³/mol. The molecule has 0 aliphatic carbocycles. The number of hydrogen-bond acceptors (Lipinski definition) is 6. The van der Waals surface area contributed by atoms with Crippen molar-refractivity contribution >= 4 is 18.6 Å². The second-order valence-corrected chi connectivity index (χ2v) is 6.49. The van der Waals surface area contributed by atoms with Crippen LogP contribution in [0.15, 0.2) is 60.8 Å². The molecular formula is C21H32O6S. The number of aliphatic carboxylic acids is 1. The molecule has 0 spiro atoms. The van der Waals surface area contributed by atoms with Crippen LogP contribution in [0.2, 0.25) is 0 Å². The second kappa shape index (κ2) is 17.5. The van der Waals surface area contributed by atoms with Gasteiger partial charge in [-0.25, -0.2) is 0 Å². The third-order valence-corrected chi connectivity index (χ3v) is 3.86. The lowest BCUT2D eigenvalue weighted by Crippen LogP contribution is -2.35. The molecule has 4 unspecified atom stereocenters. The molecule has 0 aromatic carbocycles. The summed E-state index contributed by atoms with van der Waals surface area (Å²) < 4.78 is 0. The number of carboxylic acid groups (broad SMARTS) is 1. The molecule has 5 N–H and O–H groups in total. The van der Waals surface area contributed by atoms with E-state index < -0.39 is 30.4 Å². The van der Waals surface area contributed by atoms with Gasteiger partial charge in [0.2, 0.25) is 0 Å². The molecule has 0 heterocycles. The zero-order valence-corrected chi connectivity index (χ0v) is 16.8. The monoisotopic (exact) mass is 412 g/mol. The summed E-state index contributed by atoms with van der Waals surface area (Å²) in [4.78, 5) is 10.3. The third-order valence-electron chi connectivity index (χ3n) is 3.65. The number of carbonyl (C=O) groups is 1. The molecule has 7 heteroatoms. The van der Waals surface area contributed by atoms with E-state index in [9.17, 15) is 25.2 Å². The molecule has 6 nitrogen and oxygen atoms in total. The highest BCUT2D eigenvalue weighted by atomic mass is 32.1. The fraction of sp³-hybridized carbons (Fsp3) is 0.476. The van der Waals surface area contributed by atoms with Crippen LogP contribution in [0.3, 0.4) is 0 Å². The number of rotatable bonds is 15. The SMILES string of the molecule is O=C(O)CC/C=C/CC(O)/C=C/C=C/C/C=C/C(O)C(O)C(O)C/C=C/CS. The summed E-state index contributed by atoms with van der Waals surface area (Å²) in [5.74, 6) is -0.295. The topological polar surface area (TPSA) is 118 Å². The van der Waals surface area contributed by atoms with Crippen LogP contribution in [0.5, 0.6) is 0 Å². The van der Waals surface area contributed by atoms with Crippen molar-refractivity contribution in [3.8, 4) is 0 Å². The van der Waals surface area contributed by atoms with Gasteiger partial charge in [-0.05, 0) is 25.7 Å². The summed E-state index contributed by atoms with van der Waals surface area (Å²) in [5, 5.41) is 47.6. The highest BCUT2D eigenvalue weighted by Gasteiger charge is 2.21. The van der Waals surface area contributed by atoms with Crippen LogP contribution in [0.1, 0.15) is 32.1 Å².